The Bertz CT molecular complexity index is 217. The lowest BCUT2D eigenvalue weighted by Gasteiger charge is -2.16. The van der Waals surface area contributed by atoms with Crippen LogP contribution in [0.1, 0.15) is 13.3 Å². The molecule has 0 aromatic carbocycles. The Hall–Kier alpha value is -0.780. The number of alkyl halides is 3. The molecule has 0 bridgehead atoms. The Morgan fingerprint density at radius 1 is 1.57 bits per heavy atom. The Kier molecular flexibility index (Phi) is 3.36. The van der Waals surface area contributed by atoms with Gasteiger partial charge in [-0.15, -0.1) is 0 Å². The molecule has 0 aromatic heterocycles. The maximum Gasteiger partial charge on any atom is 0.405 e. The van der Waals surface area contributed by atoms with Crippen molar-refractivity contribution in [2.24, 2.45) is 5.92 Å². The molecule has 3 nitrogen and oxygen atoms in total. The standard InChI is InChI=1S/C8H13F3N2O/c1-5-2-3-12-6(5)7(14)13-4-8(9,10)11/h5-6,12H,2-4H2,1H3,(H,13,14). The molecule has 0 radical (unpaired) electrons. The van der Waals surface area contributed by atoms with Gasteiger partial charge in [-0.3, -0.25) is 4.79 Å². The molecule has 1 amide bonds. The molecule has 1 rings (SSSR count). The molecule has 6 heteroatoms. The minimum absolute atomic E-state index is 0.100. The van der Waals surface area contributed by atoms with Crippen molar-refractivity contribution in [1.82, 2.24) is 10.6 Å². The molecule has 1 saturated heterocycles. The molecule has 0 aliphatic carbocycles. The van der Waals surface area contributed by atoms with Gasteiger partial charge in [0.25, 0.3) is 0 Å². The van der Waals surface area contributed by atoms with Crippen LogP contribution in [0.2, 0.25) is 0 Å². The van der Waals surface area contributed by atoms with Gasteiger partial charge in [-0.1, -0.05) is 6.92 Å². The summed E-state index contributed by atoms with van der Waals surface area (Å²) in [6.07, 6.45) is -3.51. The Morgan fingerprint density at radius 3 is 2.64 bits per heavy atom. The average molecular weight is 210 g/mol. The number of hydrogen-bond acceptors (Lipinski definition) is 2. The van der Waals surface area contributed by atoms with E-state index in [1.165, 1.54) is 0 Å². The van der Waals surface area contributed by atoms with Gasteiger partial charge < -0.3 is 10.6 Å². The topological polar surface area (TPSA) is 41.1 Å². The third-order valence-corrected chi connectivity index (χ3v) is 2.28. The van der Waals surface area contributed by atoms with Crippen LogP contribution in [0, 0.1) is 5.92 Å². The quantitative estimate of drug-likeness (QED) is 0.703. The lowest BCUT2D eigenvalue weighted by Crippen LogP contribution is -2.46. The molecule has 0 spiro atoms. The van der Waals surface area contributed by atoms with E-state index in [0.717, 1.165) is 6.42 Å². The van der Waals surface area contributed by atoms with Crippen molar-refractivity contribution in [3.63, 3.8) is 0 Å². The van der Waals surface area contributed by atoms with E-state index in [1.54, 1.807) is 0 Å². The number of halogens is 3. The second-order valence-corrected chi connectivity index (χ2v) is 3.53. The number of nitrogens with one attached hydrogen (secondary N) is 2. The third kappa shape index (κ3) is 3.17. The second-order valence-electron chi connectivity index (χ2n) is 3.53. The van der Waals surface area contributed by atoms with Crippen molar-refractivity contribution in [2.45, 2.75) is 25.6 Å². The van der Waals surface area contributed by atoms with Crippen LogP contribution in [0.5, 0.6) is 0 Å². The van der Waals surface area contributed by atoms with Crippen LogP contribution in [-0.2, 0) is 4.79 Å². The Labute approximate surface area is 80.0 Å². The highest BCUT2D eigenvalue weighted by atomic mass is 19.4. The summed E-state index contributed by atoms with van der Waals surface area (Å²) in [5.41, 5.74) is 0. The maximum absolute atomic E-state index is 11.8. The number of amides is 1. The van der Waals surface area contributed by atoms with Gasteiger partial charge in [-0.2, -0.15) is 13.2 Å². The van der Waals surface area contributed by atoms with Gasteiger partial charge in [0.05, 0.1) is 6.04 Å². The van der Waals surface area contributed by atoms with E-state index >= 15 is 0 Å². The summed E-state index contributed by atoms with van der Waals surface area (Å²) < 4.78 is 35.3. The lowest BCUT2D eigenvalue weighted by molar-refractivity contribution is -0.139. The first-order valence-corrected chi connectivity index (χ1v) is 4.48. The van der Waals surface area contributed by atoms with Crippen LogP contribution in [-0.4, -0.2) is 31.2 Å². The molecule has 1 heterocycles. The summed E-state index contributed by atoms with van der Waals surface area (Å²) in [7, 11) is 0. The predicted molar refractivity (Wildman–Crippen MR) is 44.6 cm³/mol. The fourth-order valence-electron chi connectivity index (χ4n) is 1.48. The largest absolute Gasteiger partial charge is 0.405 e. The zero-order valence-corrected chi connectivity index (χ0v) is 7.82. The fraction of sp³-hybridized carbons (Fsp3) is 0.875. The first-order chi connectivity index (χ1) is 6.40. The summed E-state index contributed by atoms with van der Waals surface area (Å²) in [6, 6.07) is -0.475. The van der Waals surface area contributed by atoms with Gasteiger partial charge in [0.15, 0.2) is 0 Å². The maximum atomic E-state index is 11.8. The van der Waals surface area contributed by atoms with E-state index in [9.17, 15) is 18.0 Å². The number of carbonyl (C=O) groups excluding carboxylic acids is 1. The number of hydrogen-bond donors (Lipinski definition) is 2. The van der Waals surface area contributed by atoms with Crippen LogP contribution in [0.25, 0.3) is 0 Å². The zero-order chi connectivity index (χ0) is 10.8. The minimum Gasteiger partial charge on any atom is -0.346 e. The SMILES string of the molecule is CC1CCNC1C(=O)NCC(F)(F)F. The third-order valence-electron chi connectivity index (χ3n) is 2.28. The van der Waals surface area contributed by atoms with Crippen LogP contribution >= 0.6 is 0 Å². The highest BCUT2D eigenvalue weighted by Crippen LogP contribution is 2.16. The highest BCUT2D eigenvalue weighted by molar-refractivity contribution is 5.82. The van der Waals surface area contributed by atoms with E-state index in [1.807, 2.05) is 12.2 Å². The van der Waals surface area contributed by atoms with Gasteiger partial charge in [0.2, 0.25) is 5.91 Å². The van der Waals surface area contributed by atoms with E-state index < -0.39 is 24.7 Å². The molecular weight excluding hydrogens is 197 g/mol. The molecule has 0 aromatic rings. The highest BCUT2D eigenvalue weighted by Gasteiger charge is 2.33. The Morgan fingerprint density at radius 2 is 2.21 bits per heavy atom. The van der Waals surface area contributed by atoms with Gasteiger partial charge in [-0.05, 0) is 18.9 Å². The molecule has 2 unspecified atom stereocenters. The first kappa shape index (κ1) is 11.3. The van der Waals surface area contributed by atoms with Crippen molar-refractivity contribution >= 4 is 5.91 Å². The molecule has 82 valence electrons. The minimum atomic E-state index is -4.34. The molecule has 1 aliphatic heterocycles. The molecular formula is C8H13F3N2O. The molecule has 2 atom stereocenters. The van der Waals surface area contributed by atoms with E-state index in [0.29, 0.717) is 6.54 Å². The van der Waals surface area contributed by atoms with Crippen LogP contribution < -0.4 is 10.6 Å². The summed E-state index contributed by atoms with van der Waals surface area (Å²) in [6.45, 7) is 1.28. The predicted octanol–water partition coefficient (Wildman–Crippen LogP) is 0.663. The van der Waals surface area contributed by atoms with Gasteiger partial charge >= 0.3 is 6.18 Å². The zero-order valence-electron chi connectivity index (χ0n) is 7.82. The molecule has 2 N–H and O–H groups in total. The summed E-state index contributed by atoms with van der Waals surface area (Å²) in [5, 5.41) is 4.73. The van der Waals surface area contributed by atoms with Gasteiger partial charge in [0, 0.05) is 0 Å². The second kappa shape index (κ2) is 4.16. The Balaban J connectivity index is 2.35. The monoisotopic (exact) mass is 210 g/mol. The normalized spacial score (nSPS) is 27.7. The van der Waals surface area contributed by atoms with Crippen LogP contribution in [0.4, 0.5) is 13.2 Å². The van der Waals surface area contributed by atoms with Gasteiger partial charge in [-0.25, -0.2) is 0 Å². The van der Waals surface area contributed by atoms with Crippen molar-refractivity contribution in [3.8, 4) is 0 Å². The van der Waals surface area contributed by atoms with Crippen molar-refractivity contribution in [3.05, 3.63) is 0 Å². The average Bonchev–Trinajstić information content (AvgIpc) is 2.46. The lowest BCUT2D eigenvalue weighted by atomic mass is 10.0. The molecule has 1 fully saturated rings. The summed E-state index contributed by atoms with van der Waals surface area (Å²) in [4.78, 5) is 11.2. The molecule has 14 heavy (non-hydrogen) atoms. The van der Waals surface area contributed by atoms with Crippen molar-refractivity contribution in [2.75, 3.05) is 13.1 Å². The summed E-state index contributed by atoms with van der Waals surface area (Å²) >= 11 is 0. The first-order valence-electron chi connectivity index (χ1n) is 4.48. The van der Waals surface area contributed by atoms with Crippen molar-refractivity contribution in [1.29, 1.82) is 0 Å². The smallest absolute Gasteiger partial charge is 0.346 e. The number of rotatable bonds is 2. The van der Waals surface area contributed by atoms with E-state index in [-0.39, 0.29) is 5.92 Å². The van der Waals surface area contributed by atoms with Gasteiger partial charge in [0.1, 0.15) is 6.54 Å². The van der Waals surface area contributed by atoms with Crippen molar-refractivity contribution < 1.29 is 18.0 Å². The fourth-order valence-corrected chi connectivity index (χ4v) is 1.48. The van der Waals surface area contributed by atoms with E-state index in [4.69, 9.17) is 0 Å². The number of carbonyl (C=O) groups is 1. The molecule has 1 aliphatic rings. The summed E-state index contributed by atoms with van der Waals surface area (Å²) in [5.74, 6) is -0.462. The van der Waals surface area contributed by atoms with E-state index in [2.05, 4.69) is 5.32 Å². The molecule has 0 saturated carbocycles. The van der Waals surface area contributed by atoms with Crippen LogP contribution in [0.3, 0.4) is 0 Å². The van der Waals surface area contributed by atoms with Crippen LogP contribution in [0.15, 0.2) is 0 Å².